The van der Waals surface area contributed by atoms with Crippen LogP contribution in [0.25, 0.3) is 0 Å². The number of halogens is 2. The summed E-state index contributed by atoms with van der Waals surface area (Å²) in [4.78, 5) is 0. The Labute approximate surface area is 128 Å². The van der Waals surface area contributed by atoms with E-state index in [4.69, 9.17) is 4.74 Å². The van der Waals surface area contributed by atoms with Crippen molar-refractivity contribution in [2.45, 2.75) is 39.4 Å². The van der Waals surface area contributed by atoms with E-state index in [0.717, 1.165) is 6.42 Å². The van der Waals surface area contributed by atoms with Crippen molar-refractivity contribution in [3.05, 3.63) is 28.5 Å². The molecule has 20 heavy (non-hydrogen) atoms. The molecule has 0 bridgehead atoms. The lowest BCUT2D eigenvalue weighted by molar-refractivity contribution is -0.00445. The molecule has 2 atom stereocenters. The van der Waals surface area contributed by atoms with E-state index < -0.39 is 6.10 Å². The number of hydrogen-bond acceptors (Lipinski definition) is 3. The Balaban J connectivity index is 2.30. The Morgan fingerprint density at radius 3 is 2.65 bits per heavy atom. The van der Waals surface area contributed by atoms with Crippen molar-refractivity contribution in [2.75, 3.05) is 18.5 Å². The summed E-state index contributed by atoms with van der Waals surface area (Å²) in [5.74, 6) is 0.220. The summed E-state index contributed by atoms with van der Waals surface area (Å²) in [6, 6.07) is 4.77. The molecule has 1 rings (SSSR count). The predicted octanol–water partition coefficient (Wildman–Crippen LogP) is 3.81. The summed E-state index contributed by atoms with van der Waals surface area (Å²) >= 11 is 3.20. The fourth-order valence-corrected chi connectivity index (χ4v) is 2.26. The second kappa shape index (κ2) is 8.60. The highest BCUT2D eigenvalue weighted by atomic mass is 79.9. The molecule has 0 radical (unpaired) electrons. The van der Waals surface area contributed by atoms with E-state index in [0.29, 0.717) is 16.1 Å². The van der Waals surface area contributed by atoms with Gasteiger partial charge in [0.1, 0.15) is 5.82 Å². The lowest BCUT2D eigenvalue weighted by Crippen LogP contribution is -2.27. The van der Waals surface area contributed by atoms with Crippen molar-refractivity contribution in [3.8, 4) is 0 Å². The third kappa shape index (κ3) is 6.68. The van der Waals surface area contributed by atoms with Crippen LogP contribution in [0.2, 0.25) is 0 Å². The maximum absolute atomic E-state index is 13.6. The number of aliphatic hydroxyl groups is 1. The van der Waals surface area contributed by atoms with E-state index in [1.807, 2.05) is 6.92 Å². The van der Waals surface area contributed by atoms with Crippen LogP contribution in [0.5, 0.6) is 0 Å². The Hall–Kier alpha value is -0.650. The third-order valence-corrected chi connectivity index (χ3v) is 3.33. The van der Waals surface area contributed by atoms with Gasteiger partial charge < -0.3 is 15.2 Å². The molecule has 2 unspecified atom stereocenters. The largest absolute Gasteiger partial charge is 0.389 e. The topological polar surface area (TPSA) is 41.5 Å². The van der Waals surface area contributed by atoms with Crippen molar-refractivity contribution >= 4 is 21.6 Å². The number of nitrogens with one attached hydrogen (secondary N) is 1. The first-order valence-electron chi connectivity index (χ1n) is 6.87. The van der Waals surface area contributed by atoms with Gasteiger partial charge in [-0.05, 0) is 37.5 Å². The summed E-state index contributed by atoms with van der Waals surface area (Å²) in [6.07, 6.45) is 0.420. The van der Waals surface area contributed by atoms with Crippen LogP contribution >= 0.6 is 15.9 Å². The fraction of sp³-hybridized carbons (Fsp3) is 0.600. The number of hydrogen-bond donors (Lipinski definition) is 2. The molecule has 1 aromatic carbocycles. The summed E-state index contributed by atoms with van der Waals surface area (Å²) in [6.45, 7) is 6.77. The number of rotatable bonds is 8. The van der Waals surface area contributed by atoms with Gasteiger partial charge in [0.15, 0.2) is 0 Å². The first-order chi connectivity index (χ1) is 9.38. The predicted molar refractivity (Wildman–Crippen MR) is 83.5 cm³/mol. The zero-order valence-corrected chi connectivity index (χ0v) is 13.8. The Morgan fingerprint density at radius 2 is 2.05 bits per heavy atom. The van der Waals surface area contributed by atoms with Crippen molar-refractivity contribution in [1.29, 1.82) is 0 Å². The second-order valence-corrected chi connectivity index (χ2v) is 6.35. The number of anilines is 1. The molecule has 0 aliphatic carbocycles. The van der Waals surface area contributed by atoms with Crippen LogP contribution in [0, 0.1) is 11.7 Å². The van der Waals surface area contributed by atoms with Gasteiger partial charge in [-0.3, -0.25) is 0 Å². The van der Waals surface area contributed by atoms with Gasteiger partial charge in [-0.15, -0.1) is 0 Å². The smallest absolute Gasteiger partial charge is 0.147 e. The van der Waals surface area contributed by atoms with Gasteiger partial charge in [-0.1, -0.05) is 29.8 Å². The maximum Gasteiger partial charge on any atom is 0.147 e. The van der Waals surface area contributed by atoms with Gasteiger partial charge in [0.05, 0.1) is 24.5 Å². The standard InChI is InChI=1S/C15H23BrFNO2/c1-10(2)6-11(3)20-9-13(19)8-18-15-5-4-12(16)7-14(15)17/h4-5,7,10-11,13,18-19H,6,8-9H2,1-3H3. The molecule has 1 aromatic rings. The fourth-order valence-electron chi connectivity index (χ4n) is 1.93. The van der Waals surface area contributed by atoms with Gasteiger partial charge >= 0.3 is 0 Å². The zero-order chi connectivity index (χ0) is 15.1. The van der Waals surface area contributed by atoms with Crippen LogP contribution in [0.15, 0.2) is 22.7 Å². The Kier molecular flexibility index (Phi) is 7.48. The molecule has 0 spiro atoms. The van der Waals surface area contributed by atoms with Crippen molar-refractivity contribution in [1.82, 2.24) is 0 Å². The summed E-state index contributed by atoms with van der Waals surface area (Å²) in [5, 5.41) is 12.7. The molecule has 0 amide bonds. The van der Waals surface area contributed by atoms with Crippen LogP contribution in [0.3, 0.4) is 0 Å². The molecular weight excluding hydrogens is 325 g/mol. The van der Waals surface area contributed by atoms with Crippen LogP contribution < -0.4 is 5.32 Å². The Morgan fingerprint density at radius 1 is 1.35 bits per heavy atom. The van der Waals surface area contributed by atoms with Gasteiger partial charge in [0, 0.05) is 11.0 Å². The van der Waals surface area contributed by atoms with Gasteiger partial charge in [0.25, 0.3) is 0 Å². The highest BCUT2D eigenvalue weighted by Gasteiger charge is 2.10. The normalized spacial score (nSPS) is 14.3. The first-order valence-corrected chi connectivity index (χ1v) is 7.66. The molecule has 114 valence electrons. The van der Waals surface area contributed by atoms with E-state index in [1.54, 1.807) is 12.1 Å². The van der Waals surface area contributed by atoms with E-state index in [2.05, 4.69) is 35.1 Å². The molecule has 5 heteroatoms. The monoisotopic (exact) mass is 347 g/mol. The second-order valence-electron chi connectivity index (χ2n) is 5.43. The molecule has 0 saturated carbocycles. The van der Waals surface area contributed by atoms with Gasteiger partial charge in [-0.25, -0.2) is 4.39 Å². The molecule has 2 N–H and O–H groups in total. The molecule has 0 heterocycles. The SMILES string of the molecule is CC(C)CC(C)OCC(O)CNc1ccc(Br)cc1F. The summed E-state index contributed by atoms with van der Waals surface area (Å²) < 4.78 is 19.8. The van der Waals surface area contributed by atoms with Crippen LogP contribution in [-0.2, 0) is 4.74 Å². The average molecular weight is 348 g/mol. The quantitative estimate of drug-likeness (QED) is 0.751. The maximum atomic E-state index is 13.6. The molecule has 0 aliphatic rings. The Bertz CT molecular complexity index is 415. The molecule has 0 aromatic heterocycles. The third-order valence-electron chi connectivity index (χ3n) is 2.84. The summed E-state index contributed by atoms with van der Waals surface area (Å²) in [5.41, 5.74) is 0.377. The molecule has 0 saturated heterocycles. The van der Waals surface area contributed by atoms with Crippen molar-refractivity contribution in [3.63, 3.8) is 0 Å². The summed E-state index contributed by atoms with van der Waals surface area (Å²) in [7, 11) is 0. The van der Waals surface area contributed by atoms with E-state index in [1.165, 1.54) is 6.07 Å². The average Bonchev–Trinajstić information content (AvgIpc) is 2.34. The highest BCUT2D eigenvalue weighted by molar-refractivity contribution is 9.10. The van der Waals surface area contributed by atoms with Gasteiger partial charge in [0.2, 0.25) is 0 Å². The molecule has 3 nitrogen and oxygen atoms in total. The number of ether oxygens (including phenoxy) is 1. The first kappa shape index (κ1) is 17.4. The number of benzene rings is 1. The minimum atomic E-state index is -0.660. The minimum absolute atomic E-state index is 0.120. The lowest BCUT2D eigenvalue weighted by Gasteiger charge is -2.18. The minimum Gasteiger partial charge on any atom is -0.389 e. The zero-order valence-electron chi connectivity index (χ0n) is 12.2. The van der Waals surface area contributed by atoms with Crippen molar-refractivity contribution < 1.29 is 14.2 Å². The van der Waals surface area contributed by atoms with Crippen LogP contribution in [0.1, 0.15) is 27.2 Å². The van der Waals surface area contributed by atoms with Crippen LogP contribution in [0.4, 0.5) is 10.1 Å². The molecule has 0 aliphatic heterocycles. The van der Waals surface area contributed by atoms with E-state index in [-0.39, 0.29) is 25.1 Å². The van der Waals surface area contributed by atoms with Crippen LogP contribution in [-0.4, -0.2) is 30.5 Å². The molecule has 0 fully saturated rings. The van der Waals surface area contributed by atoms with Gasteiger partial charge in [-0.2, -0.15) is 0 Å². The van der Waals surface area contributed by atoms with E-state index >= 15 is 0 Å². The van der Waals surface area contributed by atoms with E-state index in [9.17, 15) is 9.50 Å². The molecular formula is C15H23BrFNO2. The lowest BCUT2D eigenvalue weighted by atomic mass is 10.1. The highest BCUT2D eigenvalue weighted by Crippen LogP contribution is 2.19. The number of aliphatic hydroxyl groups excluding tert-OH is 1. The van der Waals surface area contributed by atoms with Crippen molar-refractivity contribution in [2.24, 2.45) is 5.92 Å².